The summed E-state index contributed by atoms with van der Waals surface area (Å²) in [6.07, 6.45) is 5.24. The molecule has 0 bridgehead atoms. The average molecular weight is 139 g/mol. The van der Waals surface area contributed by atoms with E-state index >= 15 is 0 Å². The third-order valence-electron chi connectivity index (χ3n) is 2.55. The molecule has 1 N–H and O–H groups in total. The Morgan fingerprint density at radius 3 is 2.50 bits per heavy atom. The van der Waals surface area contributed by atoms with Crippen LogP contribution >= 0.6 is 0 Å². The van der Waals surface area contributed by atoms with Crippen LogP contribution in [0.4, 0.5) is 0 Å². The van der Waals surface area contributed by atoms with Gasteiger partial charge in [-0.2, -0.15) is 0 Å². The molecular formula is C9H17N. The lowest BCUT2D eigenvalue weighted by Gasteiger charge is -2.25. The van der Waals surface area contributed by atoms with Crippen molar-refractivity contribution in [2.45, 2.75) is 39.5 Å². The smallest absolute Gasteiger partial charge is 0.00892 e. The molecule has 0 saturated heterocycles. The van der Waals surface area contributed by atoms with Gasteiger partial charge in [-0.3, -0.25) is 0 Å². The molecule has 0 radical (unpaired) electrons. The van der Waals surface area contributed by atoms with Gasteiger partial charge in [-0.15, -0.1) is 0 Å². The third-order valence-corrected chi connectivity index (χ3v) is 2.55. The molecule has 0 amide bonds. The Morgan fingerprint density at radius 2 is 2.10 bits per heavy atom. The van der Waals surface area contributed by atoms with Crippen LogP contribution in [0.5, 0.6) is 0 Å². The first kappa shape index (κ1) is 7.77. The summed E-state index contributed by atoms with van der Waals surface area (Å²) in [4.78, 5) is 0. The predicted octanol–water partition coefficient (Wildman–Crippen LogP) is 2.85. The fraction of sp³-hybridized carbons (Fsp3) is 0.889. The van der Waals surface area contributed by atoms with E-state index in [0.29, 0.717) is 5.92 Å². The van der Waals surface area contributed by atoms with E-state index in [1.165, 1.54) is 25.7 Å². The zero-order valence-corrected chi connectivity index (χ0v) is 6.98. The first-order chi connectivity index (χ1) is 4.70. The zero-order valence-electron chi connectivity index (χ0n) is 6.98. The Bertz CT molecular complexity index is 129. The van der Waals surface area contributed by atoms with E-state index < -0.39 is 0 Å². The van der Waals surface area contributed by atoms with Crippen LogP contribution in [-0.4, -0.2) is 5.71 Å². The second kappa shape index (κ2) is 3.18. The number of rotatable bonds is 1. The van der Waals surface area contributed by atoms with E-state index in [1.807, 2.05) is 6.92 Å². The van der Waals surface area contributed by atoms with E-state index in [2.05, 4.69) is 6.92 Å². The summed E-state index contributed by atoms with van der Waals surface area (Å²) in [5, 5.41) is 7.48. The van der Waals surface area contributed by atoms with E-state index in [9.17, 15) is 0 Å². The second-order valence-corrected chi connectivity index (χ2v) is 3.65. The van der Waals surface area contributed by atoms with Gasteiger partial charge >= 0.3 is 0 Å². The van der Waals surface area contributed by atoms with Crippen LogP contribution in [0.1, 0.15) is 39.5 Å². The van der Waals surface area contributed by atoms with Gasteiger partial charge in [0.2, 0.25) is 0 Å². The monoisotopic (exact) mass is 139 g/mol. The Kier molecular flexibility index (Phi) is 2.47. The van der Waals surface area contributed by atoms with Gasteiger partial charge in [0, 0.05) is 5.71 Å². The first-order valence-electron chi connectivity index (χ1n) is 4.25. The van der Waals surface area contributed by atoms with Crippen molar-refractivity contribution >= 4 is 5.71 Å². The Morgan fingerprint density at radius 1 is 1.40 bits per heavy atom. The molecule has 2 atom stereocenters. The minimum absolute atomic E-state index is 0.615. The maximum absolute atomic E-state index is 7.48. The molecule has 1 aliphatic rings. The molecule has 0 aromatic rings. The number of hydrogen-bond acceptors (Lipinski definition) is 1. The minimum Gasteiger partial charge on any atom is -0.310 e. The van der Waals surface area contributed by atoms with Gasteiger partial charge in [-0.25, -0.2) is 0 Å². The fourth-order valence-electron chi connectivity index (χ4n) is 1.83. The molecule has 1 saturated carbocycles. The van der Waals surface area contributed by atoms with Crippen molar-refractivity contribution in [3.8, 4) is 0 Å². The van der Waals surface area contributed by atoms with Crippen LogP contribution < -0.4 is 0 Å². The second-order valence-electron chi connectivity index (χ2n) is 3.65. The summed E-state index contributed by atoms with van der Waals surface area (Å²) in [5.74, 6) is 1.47. The van der Waals surface area contributed by atoms with Crippen LogP contribution in [-0.2, 0) is 0 Å². The lowest BCUT2D eigenvalue weighted by atomic mass is 9.80. The summed E-state index contributed by atoms with van der Waals surface area (Å²) in [7, 11) is 0. The molecule has 0 heterocycles. The Balaban J connectivity index is 2.39. The molecule has 1 nitrogen and oxygen atoms in total. The van der Waals surface area contributed by atoms with Gasteiger partial charge < -0.3 is 5.41 Å². The third kappa shape index (κ3) is 1.83. The SMILES string of the molecule is CC(=N)C1CCCC(C)C1. The fourth-order valence-corrected chi connectivity index (χ4v) is 1.83. The Hall–Kier alpha value is -0.330. The van der Waals surface area contributed by atoms with E-state index in [-0.39, 0.29) is 0 Å². The van der Waals surface area contributed by atoms with Crippen molar-refractivity contribution in [1.29, 1.82) is 5.41 Å². The van der Waals surface area contributed by atoms with Crippen molar-refractivity contribution in [1.82, 2.24) is 0 Å². The molecular weight excluding hydrogens is 122 g/mol. The van der Waals surface area contributed by atoms with Crippen molar-refractivity contribution in [2.75, 3.05) is 0 Å². The molecule has 0 spiro atoms. The molecule has 58 valence electrons. The van der Waals surface area contributed by atoms with E-state index in [4.69, 9.17) is 5.41 Å². The van der Waals surface area contributed by atoms with Gasteiger partial charge in [-0.1, -0.05) is 19.8 Å². The van der Waals surface area contributed by atoms with Gasteiger partial charge in [0.05, 0.1) is 0 Å². The summed E-state index contributed by atoms with van der Waals surface area (Å²) >= 11 is 0. The van der Waals surface area contributed by atoms with Crippen molar-refractivity contribution in [3.63, 3.8) is 0 Å². The molecule has 0 aromatic heterocycles. The molecule has 1 aliphatic carbocycles. The lowest BCUT2D eigenvalue weighted by molar-refractivity contribution is 0.338. The first-order valence-corrected chi connectivity index (χ1v) is 4.25. The minimum atomic E-state index is 0.615. The summed E-state index contributed by atoms with van der Waals surface area (Å²) < 4.78 is 0. The predicted molar refractivity (Wildman–Crippen MR) is 44.5 cm³/mol. The molecule has 1 rings (SSSR count). The summed E-state index contributed by atoms with van der Waals surface area (Å²) in [6.45, 7) is 4.25. The average Bonchev–Trinajstić information content (AvgIpc) is 1.88. The van der Waals surface area contributed by atoms with Gasteiger partial charge in [0.15, 0.2) is 0 Å². The standard InChI is InChI=1S/C9H17N/c1-7-4-3-5-9(6-7)8(2)10/h7,9-10H,3-6H2,1-2H3. The highest BCUT2D eigenvalue weighted by Crippen LogP contribution is 2.28. The maximum atomic E-state index is 7.48. The summed E-state index contributed by atoms with van der Waals surface area (Å²) in [5.41, 5.74) is 0.895. The summed E-state index contributed by atoms with van der Waals surface area (Å²) in [6, 6.07) is 0. The molecule has 10 heavy (non-hydrogen) atoms. The van der Waals surface area contributed by atoms with Crippen molar-refractivity contribution < 1.29 is 0 Å². The zero-order chi connectivity index (χ0) is 7.56. The van der Waals surface area contributed by atoms with Gasteiger partial charge in [0.1, 0.15) is 0 Å². The van der Waals surface area contributed by atoms with Crippen LogP contribution in [0.25, 0.3) is 0 Å². The molecule has 0 aromatic carbocycles. The quantitative estimate of drug-likeness (QED) is 0.540. The van der Waals surface area contributed by atoms with E-state index in [1.54, 1.807) is 0 Å². The highest BCUT2D eigenvalue weighted by atomic mass is 14.4. The van der Waals surface area contributed by atoms with Crippen molar-refractivity contribution in [3.05, 3.63) is 0 Å². The molecule has 1 heteroatoms. The van der Waals surface area contributed by atoms with Crippen LogP contribution in [0.3, 0.4) is 0 Å². The van der Waals surface area contributed by atoms with E-state index in [0.717, 1.165) is 11.6 Å². The van der Waals surface area contributed by atoms with Crippen LogP contribution in [0, 0.1) is 17.2 Å². The lowest BCUT2D eigenvalue weighted by Crippen LogP contribution is -2.18. The van der Waals surface area contributed by atoms with Gasteiger partial charge in [0.25, 0.3) is 0 Å². The largest absolute Gasteiger partial charge is 0.310 e. The van der Waals surface area contributed by atoms with Gasteiger partial charge in [-0.05, 0) is 31.6 Å². The topological polar surface area (TPSA) is 23.9 Å². The molecule has 2 unspecified atom stereocenters. The Labute approximate surface area is 63.3 Å². The number of nitrogens with one attached hydrogen (secondary N) is 1. The maximum Gasteiger partial charge on any atom is 0.00892 e. The molecule has 0 aliphatic heterocycles. The molecule has 1 fully saturated rings. The van der Waals surface area contributed by atoms with Crippen LogP contribution in [0.15, 0.2) is 0 Å². The van der Waals surface area contributed by atoms with Crippen molar-refractivity contribution in [2.24, 2.45) is 11.8 Å². The van der Waals surface area contributed by atoms with Crippen LogP contribution in [0.2, 0.25) is 0 Å². The normalized spacial score (nSPS) is 33.8. The highest BCUT2D eigenvalue weighted by Gasteiger charge is 2.19. The number of hydrogen-bond donors (Lipinski definition) is 1. The highest BCUT2D eigenvalue weighted by molar-refractivity contribution is 5.81.